The van der Waals surface area contributed by atoms with E-state index in [1.165, 1.54) is 0 Å². The first-order chi connectivity index (χ1) is 5.33. The topological polar surface area (TPSA) is 80.9 Å². The zero-order chi connectivity index (χ0) is 8.10. The Morgan fingerprint density at radius 2 is 2.18 bits per heavy atom. The lowest BCUT2D eigenvalue weighted by Gasteiger charge is -1.98. The second-order valence-electron chi connectivity index (χ2n) is 1.82. The normalized spacial score (nSPS) is 9.18. The molecule has 3 N–H and O–H groups in total. The van der Waals surface area contributed by atoms with Crippen LogP contribution in [0.5, 0.6) is 0 Å². The Labute approximate surface area is 63.7 Å². The lowest BCUT2D eigenvalue weighted by atomic mass is 10.6. The van der Waals surface area contributed by atoms with Crippen LogP contribution in [0.4, 0.5) is 5.95 Å². The van der Waals surface area contributed by atoms with Gasteiger partial charge in [-0.2, -0.15) is 0 Å². The molecule has 0 unspecified atom stereocenters. The van der Waals surface area contributed by atoms with Gasteiger partial charge in [0.25, 0.3) is 0 Å². The molecule has 1 aromatic rings. The summed E-state index contributed by atoms with van der Waals surface area (Å²) in [6, 6.07) is 1.66. The highest BCUT2D eigenvalue weighted by atomic mass is 16.1. The van der Waals surface area contributed by atoms with Crippen LogP contribution in [0.2, 0.25) is 0 Å². The quantitative estimate of drug-likeness (QED) is 0.591. The van der Waals surface area contributed by atoms with Gasteiger partial charge in [-0.15, -0.1) is 0 Å². The van der Waals surface area contributed by atoms with E-state index in [1.807, 2.05) is 0 Å². The Morgan fingerprint density at radius 3 is 2.73 bits per heavy atom. The third-order valence-electron chi connectivity index (χ3n) is 1.00. The molecule has 1 heterocycles. The van der Waals surface area contributed by atoms with Crippen molar-refractivity contribution in [1.29, 1.82) is 0 Å². The SMILES string of the molecule is NCC(=O)Nc1ncccn1. The lowest BCUT2D eigenvalue weighted by molar-refractivity contribution is -0.114. The van der Waals surface area contributed by atoms with Crippen molar-refractivity contribution in [3.8, 4) is 0 Å². The summed E-state index contributed by atoms with van der Waals surface area (Å²) in [5.74, 6) is -0.0147. The van der Waals surface area contributed by atoms with Crippen LogP contribution in [-0.2, 0) is 4.79 Å². The number of aromatic nitrogens is 2. The summed E-state index contributed by atoms with van der Waals surface area (Å²) in [6.45, 7) is -0.0573. The third kappa shape index (κ3) is 2.30. The Balaban J connectivity index is 2.58. The van der Waals surface area contributed by atoms with Crippen molar-refractivity contribution in [3.63, 3.8) is 0 Å². The molecule has 0 radical (unpaired) electrons. The van der Waals surface area contributed by atoms with Crippen molar-refractivity contribution in [2.75, 3.05) is 11.9 Å². The van der Waals surface area contributed by atoms with Gasteiger partial charge in [0.1, 0.15) is 0 Å². The fraction of sp³-hybridized carbons (Fsp3) is 0.167. The molecule has 1 amide bonds. The summed E-state index contributed by atoms with van der Waals surface area (Å²) in [4.78, 5) is 18.2. The minimum Gasteiger partial charge on any atom is -0.322 e. The molecule has 0 saturated carbocycles. The van der Waals surface area contributed by atoms with Crippen LogP contribution in [-0.4, -0.2) is 22.4 Å². The summed E-state index contributed by atoms with van der Waals surface area (Å²) in [5.41, 5.74) is 5.05. The number of hydrogen-bond donors (Lipinski definition) is 2. The van der Waals surface area contributed by atoms with Gasteiger partial charge in [-0.1, -0.05) is 0 Å². The highest BCUT2D eigenvalue weighted by molar-refractivity contribution is 5.90. The third-order valence-corrected chi connectivity index (χ3v) is 1.00. The van der Waals surface area contributed by atoms with Gasteiger partial charge in [0.15, 0.2) is 0 Å². The number of anilines is 1. The second kappa shape index (κ2) is 3.62. The van der Waals surface area contributed by atoms with E-state index in [2.05, 4.69) is 15.3 Å². The molecule has 0 atom stereocenters. The maximum atomic E-state index is 10.7. The van der Waals surface area contributed by atoms with Crippen LogP contribution in [0, 0.1) is 0 Å². The molecule has 1 rings (SSSR count). The Hall–Kier alpha value is -1.49. The van der Waals surface area contributed by atoms with Crippen molar-refractivity contribution < 1.29 is 4.79 Å². The van der Waals surface area contributed by atoms with Crippen LogP contribution in [0.1, 0.15) is 0 Å². The number of carbonyl (C=O) groups is 1. The average Bonchev–Trinajstić information content (AvgIpc) is 2.06. The van der Waals surface area contributed by atoms with Crippen molar-refractivity contribution in [3.05, 3.63) is 18.5 Å². The first-order valence-corrected chi connectivity index (χ1v) is 3.10. The number of rotatable bonds is 2. The smallest absolute Gasteiger partial charge is 0.240 e. The zero-order valence-electron chi connectivity index (χ0n) is 5.82. The number of hydrogen-bond acceptors (Lipinski definition) is 4. The van der Waals surface area contributed by atoms with Gasteiger partial charge in [0, 0.05) is 12.4 Å². The number of nitrogens with zero attached hydrogens (tertiary/aromatic N) is 2. The minimum absolute atomic E-state index is 0.0573. The molecule has 5 nitrogen and oxygen atoms in total. The Morgan fingerprint density at radius 1 is 1.55 bits per heavy atom. The van der Waals surface area contributed by atoms with Gasteiger partial charge >= 0.3 is 0 Å². The number of nitrogens with two attached hydrogens (primary N) is 1. The van der Waals surface area contributed by atoms with E-state index in [0.717, 1.165) is 0 Å². The van der Waals surface area contributed by atoms with Crippen molar-refractivity contribution in [1.82, 2.24) is 9.97 Å². The fourth-order valence-corrected chi connectivity index (χ4v) is 0.539. The summed E-state index contributed by atoms with van der Waals surface area (Å²) < 4.78 is 0. The van der Waals surface area contributed by atoms with Gasteiger partial charge in [0.2, 0.25) is 11.9 Å². The number of amides is 1. The summed E-state index contributed by atoms with van der Waals surface area (Å²) in [5, 5.41) is 2.41. The molecule has 0 bridgehead atoms. The van der Waals surface area contributed by atoms with Crippen LogP contribution in [0.3, 0.4) is 0 Å². The molecular weight excluding hydrogens is 144 g/mol. The molecule has 0 fully saturated rings. The second-order valence-corrected chi connectivity index (χ2v) is 1.82. The lowest BCUT2D eigenvalue weighted by Crippen LogP contribution is -2.22. The molecule has 11 heavy (non-hydrogen) atoms. The highest BCUT2D eigenvalue weighted by Crippen LogP contribution is 1.91. The first kappa shape index (κ1) is 7.62. The van der Waals surface area contributed by atoms with Gasteiger partial charge in [-0.05, 0) is 6.07 Å². The number of nitrogens with one attached hydrogen (secondary N) is 1. The predicted octanol–water partition coefficient (Wildman–Crippen LogP) is -0.626. The Bertz CT molecular complexity index is 236. The van der Waals surface area contributed by atoms with E-state index in [9.17, 15) is 4.79 Å². The standard InChI is InChI=1S/C6H8N4O/c7-4-5(11)10-6-8-2-1-3-9-6/h1-3H,4,7H2,(H,8,9,10,11). The van der Waals surface area contributed by atoms with E-state index >= 15 is 0 Å². The summed E-state index contributed by atoms with van der Waals surface area (Å²) >= 11 is 0. The van der Waals surface area contributed by atoms with Gasteiger partial charge in [-0.25, -0.2) is 9.97 Å². The average molecular weight is 152 g/mol. The maximum absolute atomic E-state index is 10.7. The monoisotopic (exact) mass is 152 g/mol. The van der Waals surface area contributed by atoms with E-state index in [1.54, 1.807) is 18.5 Å². The summed E-state index contributed by atoms with van der Waals surface area (Å²) in [7, 11) is 0. The van der Waals surface area contributed by atoms with Crippen LogP contribution >= 0.6 is 0 Å². The molecule has 0 aliphatic carbocycles. The van der Waals surface area contributed by atoms with E-state index in [4.69, 9.17) is 5.73 Å². The van der Waals surface area contributed by atoms with Crippen molar-refractivity contribution in [2.24, 2.45) is 5.73 Å². The molecule has 0 aliphatic rings. The molecule has 1 aromatic heterocycles. The van der Waals surface area contributed by atoms with Crippen LogP contribution < -0.4 is 11.1 Å². The van der Waals surface area contributed by atoms with Gasteiger partial charge in [0.05, 0.1) is 6.54 Å². The molecule has 5 heteroatoms. The maximum Gasteiger partial charge on any atom is 0.240 e. The van der Waals surface area contributed by atoms with E-state index < -0.39 is 0 Å². The zero-order valence-corrected chi connectivity index (χ0v) is 5.82. The first-order valence-electron chi connectivity index (χ1n) is 3.10. The predicted molar refractivity (Wildman–Crippen MR) is 39.7 cm³/mol. The van der Waals surface area contributed by atoms with Crippen molar-refractivity contribution in [2.45, 2.75) is 0 Å². The number of carbonyl (C=O) groups excluding carboxylic acids is 1. The van der Waals surface area contributed by atoms with Crippen molar-refractivity contribution >= 4 is 11.9 Å². The van der Waals surface area contributed by atoms with E-state index in [0.29, 0.717) is 0 Å². The summed E-state index contributed by atoms with van der Waals surface area (Å²) in [6.07, 6.45) is 3.08. The highest BCUT2D eigenvalue weighted by Gasteiger charge is 1.98. The Kier molecular flexibility index (Phi) is 2.51. The fourth-order valence-electron chi connectivity index (χ4n) is 0.539. The van der Waals surface area contributed by atoms with Crippen LogP contribution in [0.25, 0.3) is 0 Å². The van der Waals surface area contributed by atoms with E-state index in [-0.39, 0.29) is 18.4 Å². The van der Waals surface area contributed by atoms with Gasteiger partial charge < -0.3 is 5.73 Å². The molecule has 0 spiro atoms. The molecule has 0 saturated heterocycles. The molecular formula is C6H8N4O. The molecule has 58 valence electrons. The van der Waals surface area contributed by atoms with Gasteiger partial charge in [-0.3, -0.25) is 10.1 Å². The largest absolute Gasteiger partial charge is 0.322 e. The minimum atomic E-state index is -0.295. The van der Waals surface area contributed by atoms with Crippen LogP contribution in [0.15, 0.2) is 18.5 Å². The molecule has 0 aliphatic heterocycles. The molecule has 0 aromatic carbocycles.